The number of H-pyrrole nitrogens is 1. The highest BCUT2D eigenvalue weighted by Crippen LogP contribution is 2.24. The topological polar surface area (TPSA) is 74.3 Å². The highest BCUT2D eigenvalue weighted by Gasteiger charge is 2.11. The summed E-state index contributed by atoms with van der Waals surface area (Å²) in [7, 11) is 1.53. The van der Waals surface area contributed by atoms with Crippen LogP contribution < -0.4 is 10.1 Å². The fourth-order valence-corrected chi connectivity index (χ4v) is 2.58. The third-order valence-electron chi connectivity index (χ3n) is 3.54. The Hall–Kier alpha value is -2.50. The monoisotopic (exact) mass is 330 g/mol. The summed E-state index contributed by atoms with van der Waals surface area (Å²) in [5.41, 5.74) is 2.46. The van der Waals surface area contributed by atoms with E-state index in [1.165, 1.54) is 7.11 Å². The Labute approximate surface area is 137 Å². The number of amides is 1. The Morgan fingerprint density at radius 2 is 2.09 bits per heavy atom. The van der Waals surface area contributed by atoms with Gasteiger partial charge in [-0.25, -0.2) is 0 Å². The zero-order valence-corrected chi connectivity index (χ0v) is 13.1. The molecule has 0 aliphatic heterocycles. The number of methoxy groups -OCH3 is 1. The summed E-state index contributed by atoms with van der Waals surface area (Å²) >= 11 is 5.95. The van der Waals surface area contributed by atoms with E-state index < -0.39 is 0 Å². The number of halogens is 1. The van der Waals surface area contributed by atoms with Gasteiger partial charge in [0, 0.05) is 27.2 Å². The van der Waals surface area contributed by atoms with Gasteiger partial charge in [-0.1, -0.05) is 11.6 Å². The Bertz CT molecular complexity index is 873. The maximum Gasteiger partial charge on any atom is 0.272 e. The Balaban J connectivity index is 1.85. The van der Waals surface area contributed by atoms with Crippen LogP contribution in [0.15, 0.2) is 42.5 Å². The van der Waals surface area contributed by atoms with Crippen LogP contribution in [0.3, 0.4) is 0 Å². The van der Waals surface area contributed by atoms with Crippen molar-refractivity contribution < 1.29 is 14.6 Å². The maximum absolute atomic E-state index is 12.4. The van der Waals surface area contributed by atoms with Gasteiger partial charge in [-0.15, -0.1) is 0 Å². The molecular weight excluding hydrogens is 316 g/mol. The number of carbonyl (C=O) groups excluding carboxylic acids is 1. The average Bonchev–Trinajstić information content (AvgIpc) is 2.97. The minimum absolute atomic E-state index is 0.169. The van der Waals surface area contributed by atoms with E-state index in [1.807, 2.05) is 6.07 Å². The van der Waals surface area contributed by atoms with Crippen LogP contribution in [0.4, 0.5) is 5.69 Å². The van der Waals surface area contributed by atoms with Crippen LogP contribution in [0.2, 0.25) is 5.02 Å². The lowest BCUT2D eigenvalue weighted by atomic mass is 10.2. The molecule has 2 aromatic carbocycles. The van der Waals surface area contributed by atoms with Crippen LogP contribution in [-0.2, 0) is 6.61 Å². The summed E-state index contributed by atoms with van der Waals surface area (Å²) in [4.78, 5) is 15.4. The molecule has 0 saturated carbocycles. The molecular formula is C17H15ClN2O3. The zero-order chi connectivity index (χ0) is 16.4. The van der Waals surface area contributed by atoms with Crippen molar-refractivity contribution in [3.05, 3.63) is 58.7 Å². The molecule has 0 saturated heterocycles. The summed E-state index contributed by atoms with van der Waals surface area (Å²) in [5.74, 6) is 0.303. The summed E-state index contributed by atoms with van der Waals surface area (Å²) in [6, 6.07) is 12.2. The molecule has 0 bridgehead atoms. The molecule has 1 heterocycles. The molecule has 6 heteroatoms. The van der Waals surface area contributed by atoms with E-state index in [1.54, 1.807) is 36.4 Å². The third kappa shape index (κ3) is 3.16. The van der Waals surface area contributed by atoms with Gasteiger partial charge >= 0.3 is 0 Å². The normalized spacial score (nSPS) is 10.7. The van der Waals surface area contributed by atoms with Crippen molar-refractivity contribution in [1.29, 1.82) is 0 Å². The molecule has 0 aliphatic rings. The second kappa shape index (κ2) is 6.32. The number of carbonyl (C=O) groups is 1. The first kappa shape index (κ1) is 15.4. The van der Waals surface area contributed by atoms with Crippen molar-refractivity contribution in [2.75, 3.05) is 12.4 Å². The van der Waals surface area contributed by atoms with E-state index in [-0.39, 0.29) is 12.5 Å². The minimum atomic E-state index is -0.272. The van der Waals surface area contributed by atoms with Crippen molar-refractivity contribution in [3.8, 4) is 5.75 Å². The first-order valence-corrected chi connectivity index (χ1v) is 7.36. The lowest BCUT2D eigenvalue weighted by molar-refractivity contribution is 0.102. The molecule has 3 aromatic rings. The lowest BCUT2D eigenvalue weighted by Crippen LogP contribution is -2.12. The Morgan fingerprint density at radius 1 is 1.26 bits per heavy atom. The van der Waals surface area contributed by atoms with Crippen LogP contribution in [0, 0.1) is 0 Å². The number of fused-ring (bicyclic) bond motifs is 1. The van der Waals surface area contributed by atoms with Gasteiger partial charge in [0.25, 0.3) is 5.91 Å². The van der Waals surface area contributed by atoms with E-state index in [9.17, 15) is 9.90 Å². The number of hydrogen-bond acceptors (Lipinski definition) is 3. The number of hydrogen-bond donors (Lipinski definition) is 3. The largest absolute Gasteiger partial charge is 0.496 e. The zero-order valence-electron chi connectivity index (χ0n) is 12.4. The van der Waals surface area contributed by atoms with Crippen LogP contribution >= 0.6 is 11.6 Å². The molecule has 0 spiro atoms. The highest BCUT2D eigenvalue weighted by molar-refractivity contribution is 6.31. The van der Waals surface area contributed by atoms with E-state index in [0.29, 0.717) is 27.7 Å². The Morgan fingerprint density at radius 3 is 2.83 bits per heavy atom. The van der Waals surface area contributed by atoms with Gasteiger partial charge in [0.15, 0.2) is 0 Å². The summed E-state index contributed by atoms with van der Waals surface area (Å²) in [6.45, 7) is -0.169. The lowest BCUT2D eigenvalue weighted by Gasteiger charge is -2.09. The maximum atomic E-state index is 12.4. The van der Waals surface area contributed by atoms with E-state index in [4.69, 9.17) is 16.3 Å². The quantitative estimate of drug-likeness (QED) is 0.684. The number of aromatic amines is 1. The first-order chi connectivity index (χ1) is 11.1. The van der Waals surface area contributed by atoms with E-state index in [0.717, 1.165) is 10.9 Å². The van der Waals surface area contributed by atoms with Gasteiger partial charge in [0.05, 0.1) is 13.7 Å². The number of aliphatic hydroxyl groups is 1. The number of nitrogens with one attached hydrogen (secondary N) is 2. The summed E-state index contributed by atoms with van der Waals surface area (Å²) < 4.78 is 5.14. The molecule has 0 radical (unpaired) electrons. The Kier molecular flexibility index (Phi) is 4.23. The van der Waals surface area contributed by atoms with Crippen molar-refractivity contribution in [3.63, 3.8) is 0 Å². The summed E-state index contributed by atoms with van der Waals surface area (Å²) in [6.07, 6.45) is 0. The number of anilines is 1. The fraction of sp³-hybridized carbons (Fsp3) is 0.118. The first-order valence-electron chi connectivity index (χ1n) is 6.98. The van der Waals surface area contributed by atoms with Crippen molar-refractivity contribution >= 4 is 34.1 Å². The van der Waals surface area contributed by atoms with E-state index >= 15 is 0 Å². The second-order valence-corrected chi connectivity index (χ2v) is 5.49. The number of ether oxygens (including phenoxy) is 1. The third-order valence-corrected chi connectivity index (χ3v) is 3.77. The molecule has 5 nitrogen and oxygen atoms in total. The van der Waals surface area contributed by atoms with E-state index in [2.05, 4.69) is 10.3 Å². The van der Waals surface area contributed by atoms with Crippen molar-refractivity contribution in [2.45, 2.75) is 6.61 Å². The molecule has 0 fully saturated rings. The van der Waals surface area contributed by atoms with Gasteiger partial charge in [0.1, 0.15) is 11.4 Å². The molecule has 118 valence electrons. The molecule has 23 heavy (non-hydrogen) atoms. The fourth-order valence-electron chi connectivity index (χ4n) is 2.40. The number of aliphatic hydroxyl groups excluding tert-OH is 1. The van der Waals surface area contributed by atoms with Crippen LogP contribution in [0.1, 0.15) is 16.1 Å². The molecule has 0 aliphatic carbocycles. The predicted octanol–water partition coefficient (Wildman–Crippen LogP) is 3.57. The predicted molar refractivity (Wildman–Crippen MR) is 90.2 cm³/mol. The summed E-state index contributed by atoms with van der Waals surface area (Å²) in [5, 5.41) is 13.6. The van der Waals surface area contributed by atoms with Crippen LogP contribution in [0.25, 0.3) is 10.9 Å². The van der Waals surface area contributed by atoms with Crippen LogP contribution in [0.5, 0.6) is 5.75 Å². The average molecular weight is 331 g/mol. The van der Waals surface area contributed by atoms with Gasteiger partial charge in [-0.3, -0.25) is 4.79 Å². The SMILES string of the molecule is COc1ccc(NC(=O)c2cc3cc(Cl)ccc3[nH]2)cc1CO. The van der Waals surface area contributed by atoms with Crippen molar-refractivity contribution in [1.82, 2.24) is 4.98 Å². The highest BCUT2D eigenvalue weighted by atomic mass is 35.5. The van der Waals surface area contributed by atoms with Gasteiger partial charge in [0.2, 0.25) is 0 Å². The molecule has 3 N–H and O–H groups in total. The molecule has 3 rings (SSSR count). The van der Waals surface area contributed by atoms with Gasteiger partial charge in [-0.05, 0) is 42.5 Å². The van der Waals surface area contributed by atoms with Crippen molar-refractivity contribution in [2.24, 2.45) is 0 Å². The standard InChI is InChI=1S/C17H15ClN2O3/c1-23-16-5-3-13(7-11(16)9-21)19-17(22)15-8-10-6-12(18)2-4-14(10)20-15/h2-8,20-21H,9H2,1H3,(H,19,22). The van der Waals surface area contributed by atoms with Gasteiger partial charge < -0.3 is 20.1 Å². The molecule has 1 aromatic heterocycles. The smallest absolute Gasteiger partial charge is 0.272 e. The molecule has 0 unspecified atom stereocenters. The number of benzene rings is 2. The van der Waals surface area contributed by atoms with Gasteiger partial charge in [-0.2, -0.15) is 0 Å². The number of aromatic nitrogens is 1. The molecule has 0 atom stereocenters. The second-order valence-electron chi connectivity index (χ2n) is 5.05. The molecule has 1 amide bonds. The minimum Gasteiger partial charge on any atom is -0.496 e. The van der Waals surface area contributed by atoms with Crippen LogP contribution in [-0.4, -0.2) is 23.1 Å². The number of rotatable bonds is 4.